The van der Waals surface area contributed by atoms with Crippen LogP contribution < -0.4 is 10.1 Å². The lowest BCUT2D eigenvalue weighted by Crippen LogP contribution is -2.27. The van der Waals surface area contributed by atoms with Gasteiger partial charge in [-0.15, -0.1) is 0 Å². The van der Waals surface area contributed by atoms with Gasteiger partial charge in [0.2, 0.25) is 0 Å². The summed E-state index contributed by atoms with van der Waals surface area (Å²) >= 11 is 0. The molecule has 1 aromatic carbocycles. The Balaban J connectivity index is 2.21. The maximum Gasteiger partial charge on any atom is 0.296 e. The predicted molar refractivity (Wildman–Crippen MR) is 71.7 cm³/mol. The molecule has 1 N–H and O–H groups in total. The third-order valence-corrected chi connectivity index (χ3v) is 3.19. The van der Waals surface area contributed by atoms with Gasteiger partial charge in [0.1, 0.15) is 11.4 Å². The van der Waals surface area contributed by atoms with E-state index in [9.17, 15) is 10.1 Å². The van der Waals surface area contributed by atoms with Crippen LogP contribution in [-0.2, 0) is 4.74 Å². The normalized spacial score (nSPS) is 22.2. The van der Waals surface area contributed by atoms with Crippen LogP contribution in [0, 0.1) is 10.1 Å². The summed E-state index contributed by atoms with van der Waals surface area (Å²) in [4.78, 5) is 10.7. The number of nitrogens with one attached hydrogen (secondary N) is 1. The lowest BCUT2D eigenvalue weighted by atomic mass is 10.1. The first-order valence-corrected chi connectivity index (χ1v) is 6.41. The van der Waals surface area contributed by atoms with Crippen molar-refractivity contribution < 1.29 is 14.4 Å². The molecule has 2 rings (SSSR count). The standard InChI is InChI=1S/C13H18N2O4/c1-3-18-10-4-5-12(13(8-10)15(16)17)14-11-6-7-19-9(11)2/h4-5,8-9,11,14H,3,6-7H2,1-2H3. The summed E-state index contributed by atoms with van der Waals surface area (Å²) in [6.45, 7) is 4.97. The van der Waals surface area contributed by atoms with Crippen LogP contribution in [0.25, 0.3) is 0 Å². The second kappa shape index (κ2) is 5.88. The van der Waals surface area contributed by atoms with E-state index in [-0.39, 0.29) is 17.8 Å². The fourth-order valence-electron chi connectivity index (χ4n) is 2.16. The average Bonchev–Trinajstić information content (AvgIpc) is 2.77. The van der Waals surface area contributed by atoms with Crippen LogP contribution in [0.5, 0.6) is 5.75 Å². The van der Waals surface area contributed by atoms with E-state index in [1.54, 1.807) is 12.1 Å². The molecule has 1 fully saturated rings. The van der Waals surface area contributed by atoms with Crippen LogP contribution in [0.15, 0.2) is 18.2 Å². The molecule has 2 unspecified atom stereocenters. The molecule has 19 heavy (non-hydrogen) atoms. The van der Waals surface area contributed by atoms with Crippen molar-refractivity contribution >= 4 is 11.4 Å². The average molecular weight is 266 g/mol. The maximum atomic E-state index is 11.1. The molecule has 1 heterocycles. The van der Waals surface area contributed by atoms with Crippen molar-refractivity contribution in [2.24, 2.45) is 0 Å². The quantitative estimate of drug-likeness (QED) is 0.655. The van der Waals surface area contributed by atoms with Crippen molar-refractivity contribution in [3.63, 3.8) is 0 Å². The van der Waals surface area contributed by atoms with Crippen molar-refractivity contribution in [1.82, 2.24) is 0 Å². The zero-order chi connectivity index (χ0) is 13.8. The van der Waals surface area contributed by atoms with E-state index < -0.39 is 4.92 Å². The minimum atomic E-state index is -0.397. The van der Waals surface area contributed by atoms with E-state index in [4.69, 9.17) is 9.47 Å². The smallest absolute Gasteiger partial charge is 0.296 e. The largest absolute Gasteiger partial charge is 0.494 e. The second-order valence-corrected chi connectivity index (χ2v) is 4.48. The summed E-state index contributed by atoms with van der Waals surface area (Å²) in [6, 6.07) is 4.98. The van der Waals surface area contributed by atoms with Gasteiger partial charge in [-0.05, 0) is 32.4 Å². The Morgan fingerprint density at radius 2 is 2.37 bits per heavy atom. The number of hydrogen-bond donors (Lipinski definition) is 1. The zero-order valence-electron chi connectivity index (χ0n) is 11.1. The van der Waals surface area contributed by atoms with E-state index in [0.717, 1.165) is 6.42 Å². The number of nitrogens with zero attached hydrogens (tertiary/aromatic N) is 1. The van der Waals surface area contributed by atoms with Gasteiger partial charge in [0.25, 0.3) is 5.69 Å². The zero-order valence-corrected chi connectivity index (χ0v) is 11.1. The van der Waals surface area contributed by atoms with Gasteiger partial charge in [0.05, 0.1) is 29.7 Å². The first-order valence-electron chi connectivity index (χ1n) is 6.41. The summed E-state index contributed by atoms with van der Waals surface area (Å²) < 4.78 is 10.7. The summed E-state index contributed by atoms with van der Waals surface area (Å²) in [5, 5.41) is 14.3. The van der Waals surface area contributed by atoms with Crippen molar-refractivity contribution in [1.29, 1.82) is 0 Å². The minimum absolute atomic E-state index is 0.0325. The summed E-state index contributed by atoms with van der Waals surface area (Å²) in [7, 11) is 0. The van der Waals surface area contributed by atoms with Gasteiger partial charge in [0.15, 0.2) is 0 Å². The van der Waals surface area contributed by atoms with Crippen LogP contribution in [0.4, 0.5) is 11.4 Å². The van der Waals surface area contributed by atoms with E-state index in [1.165, 1.54) is 6.07 Å². The van der Waals surface area contributed by atoms with Gasteiger partial charge < -0.3 is 14.8 Å². The number of nitro benzene ring substituents is 1. The molecule has 6 nitrogen and oxygen atoms in total. The van der Waals surface area contributed by atoms with E-state index >= 15 is 0 Å². The Hall–Kier alpha value is -1.82. The van der Waals surface area contributed by atoms with E-state index in [0.29, 0.717) is 24.7 Å². The summed E-state index contributed by atoms with van der Waals surface area (Å²) in [5.74, 6) is 0.510. The molecule has 1 aromatic rings. The first kappa shape index (κ1) is 13.6. The van der Waals surface area contributed by atoms with Crippen molar-refractivity contribution in [2.75, 3.05) is 18.5 Å². The number of nitro groups is 1. The Labute approximate surface area is 111 Å². The highest BCUT2D eigenvalue weighted by Gasteiger charge is 2.26. The molecular weight excluding hydrogens is 248 g/mol. The Bertz CT molecular complexity index is 464. The molecule has 104 valence electrons. The lowest BCUT2D eigenvalue weighted by Gasteiger charge is -2.17. The fourth-order valence-corrected chi connectivity index (χ4v) is 2.16. The van der Waals surface area contributed by atoms with Crippen molar-refractivity contribution in [2.45, 2.75) is 32.4 Å². The molecule has 6 heteroatoms. The van der Waals surface area contributed by atoms with Crippen LogP contribution in [0.3, 0.4) is 0 Å². The second-order valence-electron chi connectivity index (χ2n) is 4.48. The van der Waals surface area contributed by atoms with Gasteiger partial charge in [-0.1, -0.05) is 0 Å². The highest BCUT2D eigenvalue weighted by Crippen LogP contribution is 2.31. The number of ether oxygens (including phenoxy) is 2. The van der Waals surface area contributed by atoms with Crippen LogP contribution in [-0.4, -0.2) is 30.3 Å². The minimum Gasteiger partial charge on any atom is -0.494 e. The molecule has 0 amide bonds. The Kier molecular flexibility index (Phi) is 4.21. The van der Waals surface area contributed by atoms with Gasteiger partial charge in [-0.3, -0.25) is 10.1 Å². The molecule has 1 aliphatic rings. The molecule has 0 spiro atoms. The number of anilines is 1. The first-order chi connectivity index (χ1) is 9.11. The highest BCUT2D eigenvalue weighted by molar-refractivity contribution is 5.64. The molecule has 0 saturated carbocycles. The molecule has 0 radical (unpaired) electrons. The molecule has 2 atom stereocenters. The Morgan fingerprint density at radius 1 is 1.58 bits per heavy atom. The maximum absolute atomic E-state index is 11.1. The van der Waals surface area contributed by atoms with E-state index in [2.05, 4.69) is 5.32 Å². The predicted octanol–water partition coefficient (Wildman–Crippen LogP) is 2.58. The third kappa shape index (κ3) is 3.14. The highest BCUT2D eigenvalue weighted by atomic mass is 16.6. The van der Waals surface area contributed by atoms with Gasteiger partial charge in [-0.25, -0.2) is 0 Å². The van der Waals surface area contributed by atoms with Gasteiger partial charge in [0, 0.05) is 6.61 Å². The molecule has 1 saturated heterocycles. The van der Waals surface area contributed by atoms with Gasteiger partial charge >= 0.3 is 0 Å². The third-order valence-electron chi connectivity index (χ3n) is 3.19. The molecule has 1 aliphatic heterocycles. The lowest BCUT2D eigenvalue weighted by molar-refractivity contribution is -0.384. The topological polar surface area (TPSA) is 73.6 Å². The molecular formula is C13H18N2O4. The summed E-state index contributed by atoms with van der Waals surface area (Å²) in [5.41, 5.74) is 0.542. The van der Waals surface area contributed by atoms with E-state index in [1.807, 2.05) is 13.8 Å². The van der Waals surface area contributed by atoms with Crippen LogP contribution in [0.1, 0.15) is 20.3 Å². The van der Waals surface area contributed by atoms with Crippen LogP contribution in [0.2, 0.25) is 0 Å². The SMILES string of the molecule is CCOc1ccc(NC2CCOC2C)c([N+](=O)[O-])c1. The number of hydrogen-bond acceptors (Lipinski definition) is 5. The molecule has 0 bridgehead atoms. The van der Waals surface area contributed by atoms with Crippen molar-refractivity contribution in [3.05, 3.63) is 28.3 Å². The monoisotopic (exact) mass is 266 g/mol. The molecule has 0 aliphatic carbocycles. The van der Waals surface area contributed by atoms with Gasteiger partial charge in [-0.2, -0.15) is 0 Å². The Morgan fingerprint density at radius 3 is 2.95 bits per heavy atom. The van der Waals surface area contributed by atoms with Crippen molar-refractivity contribution in [3.8, 4) is 5.75 Å². The summed E-state index contributed by atoms with van der Waals surface area (Å²) in [6.07, 6.45) is 0.914. The number of rotatable bonds is 5. The molecule has 0 aromatic heterocycles. The van der Waals surface area contributed by atoms with Crippen LogP contribution >= 0.6 is 0 Å². The fraction of sp³-hybridized carbons (Fsp3) is 0.538. The number of benzene rings is 1.